The van der Waals surface area contributed by atoms with E-state index in [-0.39, 0.29) is 29.1 Å². The molecule has 8 nitrogen and oxygen atoms in total. The summed E-state index contributed by atoms with van der Waals surface area (Å²) in [5.74, 6) is -1.92. The molecule has 1 heterocycles. The molecule has 0 aromatic carbocycles. The van der Waals surface area contributed by atoms with Crippen molar-refractivity contribution in [3.05, 3.63) is 10.4 Å². The van der Waals surface area contributed by atoms with Crippen molar-refractivity contribution in [2.75, 3.05) is 11.5 Å². The third-order valence-electron chi connectivity index (χ3n) is 1.94. The van der Waals surface area contributed by atoms with E-state index in [1.165, 1.54) is 0 Å². The molecular formula is C9H13N5O3. The van der Waals surface area contributed by atoms with Crippen LogP contribution in [0.5, 0.6) is 0 Å². The van der Waals surface area contributed by atoms with E-state index in [0.717, 1.165) is 0 Å². The highest BCUT2D eigenvalue weighted by Gasteiger charge is 2.16. The Balaban J connectivity index is 3.40. The Morgan fingerprint density at radius 1 is 1.47 bits per heavy atom. The summed E-state index contributed by atoms with van der Waals surface area (Å²) in [6, 6.07) is 0. The molecular weight excluding hydrogens is 226 g/mol. The molecule has 0 atom stereocenters. The summed E-state index contributed by atoms with van der Waals surface area (Å²) in [4.78, 5) is 31.9. The number of rotatable bonds is 3. The van der Waals surface area contributed by atoms with E-state index < -0.39 is 11.5 Å². The number of aliphatic carboxylic acids is 1. The lowest BCUT2D eigenvalue weighted by atomic mass is 10.1. The average Bonchev–Trinajstić information content (AvgIpc) is 2.14. The van der Waals surface area contributed by atoms with Crippen molar-refractivity contribution in [2.24, 2.45) is 10.9 Å². The highest BCUT2D eigenvalue weighted by Crippen LogP contribution is 2.15. The molecule has 0 amide bonds. The SMILES string of the molecule is CC(C)C(=Nc1c(N)nc(N)[nH]c1=O)C(=O)O. The minimum Gasteiger partial charge on any atom is -0.477 e. The number of hydrogen-bond acceptors (Lipinski definition) is 6. The van der Waals surface area contributed by atoms with Crippen LogP contribution in [0.3, 0.4) is 0 Å². The zero-order chi connectivity index (χ0) is 13.2. The summed E-state index contributed by atoms with van der Waals surface area (Å²) >= 11 is 0. The van der Waals surface area contributed by atoms with E-state index in [4.69, 9.17) is 16.6 Å². The van der Waals surface area contributed by atoms with E-state index >= 15 is 0 Å². The fourth-order valence-corrected chi connectivity index (χ4v) is 1.15. The van der Waals surface area contributed by atoms with Crippen molar-refractivity contribution in [1.29, 1.82) is 0 Å². The van der Waals surface area contributed by atoms with Crippen molar-refractivity contribution in [3.8, 4) is 0 Å². The van der Waals surface area contributed by atoms with Crippen LogP contribution in [0.2, 0.25) is 0 Å². The summed E-state index contributed by atoms with van der Waals surface area (Å²) in [6.45, 7) is 3.28. The molecule has 0 spiro atoms. The lowest BCUT2D eigenvalue weighted by Crippen LogP contribution is -2.21. The van der Waals surface area contributed by atoms with E-state index in [1.54, 1.807) is 13.8 Å². The molecule has 6 N–H and O–H groups in total. The molecule has 0 fully saturated rings. The summed E-state index contributed by atoms with van der Waals surface area (Å²) in [5.41, 5.74) is 9.64. The Labute approximate surface area is 96.4 Å². The first kappa shape index (κ1) is 12.7. The van der Waals surface area contributed by atoms with E-state index in [1.807, 2.05) is 0 Å². The standard InChI is InChI=1S/C9H13N5O3/c1-3(2)4(8(16)17)12-5-6(10)13-9(11)14-7(5)15/h3H,1-2H3,(H,16,17)(H5,10,11,13,14,15). The number of aromatic nitrogens is 2. The van der Waals surface area contributed by atoms with E-state index in [0.29, 0.717) is 0 Å². The molecule has 92 valence electrons. The van der Waals surface area contributed by atoms with Gasteiger partial charge >= 0.3 is 5.97 Å². The smallest absolute Gasteiger partial charge is 0.350 e. The topological polar surface area (TPSA) is 147 Å². The van der Waals surface area contributed by atoms with Gasteiger partial charge in [0.1, 0.15) is 5.71 Å². The van der Waals surface area contributed by atoms with Crippen LogP contribution in [0.25, 0.3) is 0 Å². The number of carboxylic acids is 1. The Kier molecular flexibility index (Phi) is 3.46. The second-order valence-electron chi connectivity index (χ2n) is 3.64. The van der Waals surface area contributed by atoms with E-state index in [9.17, 15) is 9.59 Å². The number of H-pyrrole nitrogens is 1. The van der Waals surface area contributed by atoms with Crippen molar-refractivity contribution in [2.45, 2.75) is 13.8 Å². The van der Waals surface area contributed by atoms with Gasteiger partial charge in [0.25, 0.3) is 5.56 Å². The predicted molar refractivity (Wildman–Crippen MR) is 63.3 cm³/mol. The number of nitrogens with two attached hydrogens (primary N) is 2. The molecule has 0 radical (unpaired) electrons. The molecule has 0 bridgehead atoms. The van der Waals surface area contributed by atoms with Gasteiger partial charge in [0.05, 0.1) is 0 Å². The number of aromatic amines is 1. The molecule has 0 saturated heterocycles. The number of hydrogen-bond donors (Lipinski definition) is 4. The van der Waals surface area contributed by atoms with E-state index in [2.05, 4.69) is 15.0 Å². The molecule has 1 aromatic heterocycles. The maximum absolute atomic E-state index is 11.5. The number of nitrogens with one attached hydrogen (secondary N) is 1. The number of nitrogens with zero attached hydrogens (tertiary/aromatic N) is 2. The zero-order valence-electron chi connectivity index (χ0n) is 9.39. The Morgan fingerprint density at radius 3 is 2.47 bits per heavy atom. The van der Waals surface area contributed by atoms with Gasteiger partial charge in [-0.1, -0.05) is 13.8 Å². The largest absolute Gasteiger partial charge is 0.477 e. The average molecular weight is 239 g/mol. The first-order valence-electron chi connectivity index (χ1n) is 4.80. The molecule has 17 heavy (non-hydrogen) atoms. The quantitative estimate of drug-likeness (QED) is 0.534. The maximum atomic E-state index is 11.5. The molecule has 0 saturated carbocycles. The number of carbonyl (C=O) groups is 1. The lowest BCUT2D eigenvalue weighted by Gasteiger charge is -2.05. The summed E-state index contributed by atoms with van der Waals surface area (Å²) in [7, 11) is 0. The van der Waals surface area contributed by atoms with Crippen molar-refractivity contribution < 1.29 is 9.90 Å². The molecule has 1 rings (SSSR count). The number of anilines is 2. The zero-order valence-corrected chi connectivity index (χ0v) is 9.39. The molecule has 0 aliphatic rings. The second kappa shape index (κ2) is 4.64. The molecule has 0 unspecified atom stereocenters. The molecule has 0 aliphatic carbocycles. The molecule has 1 aromatic rings. The molecule has 0 aliphatic heterocycles. The van der Waals surface area contributed by atoms with Crippen molar-refractivity contribution in [3.63, 3.8) is 0 Å². The third kappa shape index (κ3) is 2.80. The predicted octanol–water partition coefficient (Wildman–Crippen LogP) is -0.253. The van der Waals surface area contributed by atoms with Gasteiger partial charge in [-0.25, -0.2) is 9.79 Å². The fourth-order valence-electron chi connectivity index (χ4n) is 1.15. The van der Waals surface area contributed by atoms with Crippen LogP contribution in [0.1, 0.15) is 13.8 Å². The van der Waals surface area contributed by atoms with Crippen LogP contribution in [0.4, 0.5) is 17.5 Å². The van der Waals surface area contributed by atoms with Crippen molar-refractivity contribution >= 4 is 29.1 Å². The van der Waals surface area contributed by atoms with Gasteiger partial charge in [-0.05, 0) is 0 Å². The van der Waals surface area contributed by atoms with Gasteiger partial charge < -0.3 is 16.6 Å². The van der Waals surface area contributed by atoms with Crippen LogP contribution >= 0.6 is 0 Å². The number of carboxylic acid groups (broad SMARTS) is 1. The lowest BCUT2D eigenvalue weighted by molar-refractivity contribution is -0.129. The minimum atomic E-state index is -1.21. The Bertz CT molecular complexity index is 532. The summed E-state index contributed by atoms with van der Waals surface area (Å²) in [6.07, 6.45) is 0. The van der Waals surface area contributed by atoms with Gasteiger partial charge in [0, 0.05) is 5.92 Å². The van der Waals surface area contributed by atoms with Gasteiger partial charge in [-0.3, -0.25) is 9.78 Å². The third-order valence-corrected chi connectivity index (χ3v) is 1.94. The van der Waals surface area contributed by atoms with Crippen LogP contribution in [-0.4, -0.2) is 26.8 Å². The van der Waals surface area contributed by atoms with Gasteiger partial charge in [-0.15, -0.1) is 0 Å². The summed E-state index contributed by atoms with van der Waals surface area (Å²) in [5, 5.41) is 8.91. The molecule has 8 heteroatoms. The van der Waals surface area contributed by atoms with Gasteiger partial charge in [0.2, 0.25) is 5.95 Å². The van der Waals surface area contributed by atoms with Crippen LogP contribution in [0.15, 0.2) is 9.79 Å². The normalized spacial score (nSPS) is 11.8. The highest BCUT2D eigenvalue weighted by molar-refractivity contribution is 6.36. The van der Waals surface area contributed by atoms with Crippen LogP contribution in [-0.2, 0) is 4.79 Å². The van der Waals surface area contributed by atoms with Gasteiger partial charge in [0.15, 0.2) is 11.5 Å². The number of aliphatic imine (C=N–C) groups is 1. The monoisotopic (exact) mass is 239 g/mol. The second-order valence-corrected chi connectivity index (χ2v) is 3.64. The summed E-state index contributed by atoms with van der Waals surface area (Å²) < 4.78 is 0. The number of nitrogen functional groups attached to an aromatic ring is 2. The Hall–Kier alpha value is -2.38. The minimum absolute atomic E-state index is 0.145. The van der Waals surface area contributed by atoms with Crippen LogP contribution < -0.4 is 17.0 Å². The fraction of sp³-hybridized carbons (Fsp3) is 0.333. The highest BCUT2D eigenvalue weighted by atomic mass is 16.4. The first-order chi connectivity index (χ1) is 7.82. The maximum Gasteiger partial charge on any atom is 0.350 e. The van der Waals surface area contributed by atoms with Gasteiger partial charge in [-0.2, -0.15) is 4.98 Å². The Morgan fingerprint density at radius 2 is 2.06 bits per heavy atom. The first-order valence-corrected chi connectivity index (χ1v) is 4.80. The van der Waals surface area contributed by atoms with Crippen LogP contribution in [0, 0.1) is 5.92 Å². The van der Waals surface area contributed by atoms with Crippen molar-refractivity contribution in [1.82, 2.24) is 9.97 Å².